The standard InChI is InChI=1S/C15H24O2/c1-9(2)12-6-5-11(4)15(17)8-14(16)10(3)7-13(12)15/h7,9,11-13,17H,5-6,8H2,1-4H3. The number of allylic oxidation sites excluding steroid dienone is 1. The second-order valence-electron chi connectivity index (χ2n) is 6.35. The van der Waals surface area contributed by atoms with Crippen molar-refractivity contribution in [1.29, 1.82) is 0 Å². The topological polar surface area (TPSA) is 37.3 Å². The van der Waals surface area contributed by atoms with Crippen LogP contribution in [0.2, 0.25) is 0 Å². The molecule has 2 aliphatic rings. The molecule has 2 aliphatic carbocycles. The zero-order valence-electron chi connectivity index (χ0n) is 11.4. The molecule has 0 aromatic heterocycles. The van der Waals surface area contributed by atoms with E-state index in [1.807, 2.05) is 13.0 Å². The van der Waals surface area contributed by atoms with E-state index < -0.39 is 5.60 Å². The maximum Gasteiger partial charge on any atom is 0.161 e. The minimum atomic E-state index is -0.788. The molecule has 0 amide bonds. The molecule has 2 nitrogen and oxygen atoms in total. The third-order valence-corrected chi connectivity index (χ3v) is 4.99. The van der Waals surface area contributed by atoms with Crippen LogP contribution in [0, 0.1) is 23.7 Å². The number of hydrogen-bond donors (Lipinski definition) is 1. The van der Waals surface area contributed by atoms with Gasteiger partial charge in [0.25, 0.3) is 0 Å². The van der Waals surface area contributed by atoms with Crippen LogP contribution in [0.15, 0.2) is 11.6 Å². The van der Waals surface area contributed by atoms with Crippen LogP contribution in [0.3, 0.4) is 0 Å². The molecule has 0 heterocycles. The Morgan fingerprint density at radius 2 is 2.06 bits per heavy atom. The highest BCUT2D eigenvalue weighted by Gasteiger charge is 2.51. The van der Waals surface area contributed by atoms with Crippen molar-refractivity contribution in [2.45, 2.75) is 52.6 Å². The van der Waals surface area contributed by atoms with Gasteiger partial charge in [-0.05, 0) is 43.1 Å². The molecule has 96 valence electrons. The summed E-state index contributed by atoms with van der Waals surface area (Å²) in [5, 5.41) is 10.9. The molecule has 17 heavy (non-hydrogen) atoms. The first-order valence-electron chi connectivity index (χ1n) is 6.80. The molecule has 1 N–H and O–H groups in total. The number of carbonyl (C=O) groups excluding carboxylic acids is 1. The molecular formula is C15H24O2. The number of Topliss-reactive ketones (excluding diaryl/α,β-unsaturated/α-hetero) is 1. The SMILES string of the molecule is CC1=CC2C(C(C)C)CCC(C)C2(O)CC1=O. The fourth-order valence-electron chi connectivity index (χ4n) is 3.64. The molecule has 0 bridgehead atoms. The van der Waals surface area contributed by atoms with Crippen LogP contribution in [0.5, 0.6) is 0 Å². The monoisotopic (exact) mass is 236 g/mol. The molecule has 0 aromatic carbocycles. The molecule has 0 spiro atoms. The van der Waals surface area contributed by atoms with Gasteiger partial charge in [-0.1, -0.05) is 26.8 Å². The van der Waals surface area contributed by atoms with Gasteiger partial charge in [0.2, 0.25) is 0 Å². The second kappa shape index (κ2) is 4.24. The van der Waals surface area contributed by atoms with Gasteiger partial charge in [0.1, 0.15) is 0 Å². The van der Waals surface area contributed by atoms with Crippen LogP contribution < -0.4 is 0 Å². The lowest BCUT2D eigenvalue weighted by Crippen LogP contribution is -2.54. The molecule has 0 saturated heterocycles. The summed E-state index contributed by atoms with van der Waals surface area (Å²) in [4.78, 5) is 11.8. The van der Waals surface area contributed by atoms with Gasteiger partial charge in [-0.2, -0.15) is 0 Å². The Labute approximate surface area is 104 Å². The van der Waals surface area contributed by atoms with Crippen LogP contribution in [0.1, 0.15) is 47.0 Å². The number of carbonyl (C=O) groups is 1. The average Bonchev–Trinajstić information content (AvgIpc) is 2.23. The first kappa shape index (κ1) is 12.8. The van der Waals surface area contributed by atoms with E-state index in [4.69, 9.17) is 0 Å². The van der Waals surface area contributed by atoms with Crippen molar-refractivity contribution >= 4 is 5.78 Å². The number of ketones is 1. The lowest BCUT2D eigenvalue weighted by molar-refractivity contribution is -0.139. The van der Waals surface area contributed by atoms with E-state index in [-0.39, 0.29) is 17.6 Å². The van der Waals surface area contributed by atoms with E-state index in [9.17, 15) is 9.90 Å². The lowest BCUT2D eigenvalue weighted by atomic mass is 9.57. The summed E-state index contributed by atoms with van der Waals surface area (Å²) < 4.78 is 0. The zero-order valence-corrected chi connectivity index (χ0v) is 11.4. The van der Waals surface area contributed by atoms with Crippen molar-refractivity contribution in [3.05, 3.63) is 11.6 Å². The summed E-state index contributed by atoms with van der Waals surface area (Å²) in [6, 6.07) is 0. The number of aliphatic hydroxyl groups is 1. The summed E-state index contributed by atoms with van der Waals surface area (Å²) >= 11 is 0. The Kier molecular flexibility index (Phi) is 3.19. The molecule has 0 aliphatic heterocycles. The van der Waals surface area contributed by atoms with E-state index in [1.54, 1.807) is 0 Å². The van der Waals surface area contributed by atoms with Crippen LogP contribution in [-0.2, 0) is 4.79 Å². The molecule has 4 atom stereocenters. The molecule has 4 unspecified atom stereocenters. The lowest BCUT2D eigenvalue weighted by Gasteiger charge is -2.50. The highest BCUT2D eigenvalue weighted by atomic mass is 16.3. The molecule has 1 saturated carbocycles. The largest absolute Gasteiger partial charge is 0.389 e. The Morgan fingerprint density at radius 3 is 2.65 bits per heavy atom. The Balaban J connectivity index is 2.40. The van der Waals surface area contributed by atoms with Crippen molar-refractivity contribution in [2.75, 3.05) is 0 Å². The third-order valence-electron chi connectivity index (χ3n) is 4.99. The van der Waals surface area contributed by atoms with Crippen molar-refractivity contribution < 1.29 is 9.90 Å². The van der Waals surface area contributed by atoms with Gasteiger partial charge in [-0.25, -0.2) is 0 Å². The van der Waals surface area contributed by atoms with Gasteiger partial charge < -0.3 is 5.11 Å². The number of rotatable bonds is 1. The smallest absolute Gasteiger partial charge is 0.161 e. The first-order valence-corrected chi connectivity index (χ1v) is 6.80. The fraction of sp³-hybridized carbons (Fsp3) is 0.800. The highest BCUT2D eigenvalue weighted by molar-refractivity contribution is 5.96. The normalized spacial score (nSPS) is 42.4. The summed E-state index contributed by atoms with van der Waals surface area (Å²) in [6.45, 7) is 8.42. The Hall–Kier alpha value is -0.630. The molecule has 0 radical (unpaired) electrons. The quantitative estimate of drug-likeness (QED) is 0.760. The maximum absolute atomic E-state index is 11.8. The first-order chi connectivity index (χ1) is 7.86. The molecule has 2 heteroatoms. The maximum atomic E-state index is 11.8. The van der Waals surface area contributed by atoms with Crippen molar-refractivity contribution in [3.63, 3.8) is 0 Å². The summed E-state index contributed by atoms with van der Waals surface area (Å²) in [5.41, 5.74) is 0.0588. The summed E-state index contributed by atoms with van der Waals surface area (Å²) in [5.74, 6) is 1.61. The molecule has 2 rings (SSSR count). The second-order valence-corrected chi connectivity index (χ2v) is 6.35. The minimum Gasteiger partial charge on any atom is -0.389 e. The molecule has 0 aromatic rings. The molecular weight excluding hydrogens is 212 g/mol. The van der Waals surface area contributed by atoms with Gasteiger partial charge in [-0.3, -0.25) is 4.79 Å². The third kappa shape index (κ3) is 1.97. The average molecular weight is 236 g/mol. The minimum absolute atomic E-state index is 0.125. The molecule has 1 fully saturated rings. The summed E-state index contributed by atoms with van der Waals surface area (Å²) in [6.07, 6.45) is 4.58. The van der Waals surface area contributed by atoms with Gasteiger partial charge in [0.05, 0.1) is 5.60 Å². The van der Waals surface area contributed by atoms with Gasteiger partial charge >= 0.3 is 0 Å². The van der Waals surface area contributed by atoms with E-state index in [2.05, 4.69) is 20.8 Å². The van der Waals surface area contributed by atoms with E-state index in [1.165, 1.54) is 6.42 Å². The van der Waals surface area contributed by atoms with Crippen molar-refractivity contribution in [2.24, 2.45) is 23.7 Å². The van der Waals surface area contributed by atoms with Crippen LogP contribution in [-0.4, -0.2) is 16.5 Å². The number of hydrogen-bond acceptors (Lipinski definition) is 2. The van der Waals surface area contributed by atoms with Gasteiger partial charge in [0.15, 0.2) is 5.78 Å². The predicted molar refractivity (Wildman–Crippen MR) is 68.5 cm³/mol. The van der Waals surface area contributed by atoms with Gasteiger partial charge in [-0.15, -0.1) is 0 Å². The zero-order chi connectivity index (χ0) is 12.8. The van der Waals surface area contributed by atoms with E-state index >= 15 is 0 Å². The van der Waals surface area contributed by atoms with Gasteiger partial charge in [0, 0.05) is 12.3 Å². The number of fused-ring (bicyclic) bond motifs is 1. The van der Waals surface area contributed by atoms with Crippen LogP contribution >= 0.6 is 0 Å². The van der Waals surface area contributed by atoms with Crippen molar-refractivity contribution in [1.82, 2.24) is 0 Å². The Morgan fingerprint density at radius 1 is 1.41 bits per heavy atom. The highest BCUT2D eigenvalue weighted by Crippen LogP contribution is 2.49. The van der Waals surface area contributed by atoms with Crippen LogP contribution in [0.4, 0.5) is 0 Å². The van der Waals surface area contributed by atoms with Crippen molar-refractivity contribution in [3.8, 4) is 0 Å². The fourth-order valence-corrected chi connectivity index (χ4v) is 3.64. The predicted octanol–water partition coefficient (Wildman–Crippen LogP) is 2.95. The van der Waals surface area contributed by atoms with Crippen LogP contribution in [0.25, 0.3) is 0 Å². The van der Waals surface area contributed by atoms with E-state index in [0.29, 0.717) is 18.3 Å². The summed E-state index contributed by atoms with van der Waals surface area (Å²) in [7, 11) is 0. The Bertz CT molecular complexity index is 356. The van der Waals surface area contributed by atoms with E-state index in [0.717, 1.165) is 12.0 Å².